The molecule has 6 heteroatoms. The molecular formula is C17H23N3O3. The quantitative estimate of drug-likeness (QED) is 0.849. The van der Waals surface area contributed by atoms with Crippen LogP contribution in [0.15, 0.2) is 24.5 Å². The molecule has 3 rings (SSSR count). The van der Waals surface area contributed by atoms with Crippen LogP contribution in [-0.4, -0.2) is 30.0 Å². The predicted molar refractivity (Wildman–Crippen MR) is 87.0 cm³/mol. The van der Waals surface area contributed by atoms with Crippen molar-refractivity contribution in [3.63, 3.8) is 0 Å². The van der Waals surface area contributed by atoms with E-state index in [0.29, 0.717) is 11.7 Å². The van der Waals surface area contributed by atoms with Crippen LogP contribution in [0.4, 0.5) is 0 Å². The molecule has 0 saturated carbocycles. The Labute approximate surface area is 136 Å². The van der Waals surface area contributed by atoms with Crippen LogP contribution in [0.3, 0.4) is 0 Å². The first kappa shape index (κ1) is 15.7. The van der Waals surface area contributed by atoms with E-state index < -0.39 is 0 Å². The van der Waals surface area contributed by atoms with E-state index in [4.69, 9.17) is 14.2 Å². The van der Waals surface area contributed by atoms with Gasteiger partial charge < -0.3 is 24.1 Å². The monoisotopic (exact) mass is 317 g/mol. The van der Waals surface area contributed by atoms with E-state index in [2.05, 4.69) is 21.8 Å². The highest BCUT2D eigenvalue weighted by atomic mass is 16.7. The predicted octanol–water partition coefficient (Wildman–Crippen LogP) is 2.35. The Balaban J connectivity index is 1.53. The first-order valence-electron chi connectivity index (χ1n) is 7.82. The molecule has 0 aliphatic carbocycles. The van der Waals surface area contributed by atoms with Gasteiger partial charge in [-0.2, -0.15) is 0 Å². The van der Waals surface area contributed by atoms with E-state index in [0.717, 1.165) is 42.5 Å². The van der Waals surface area contributed by atoms with Gasteiger partial charge in [0.05, 0.1) is 7.11 Å². The lowest BCUT2D eigenvalue weighted by Crippen LogP contribution is -2.24. The van der Waals surface area contributed by atoms with Crippen molar-refractivity contribution in [3.8, 4) is 17.2 Å². The Morgan fingerprint density at radius 1 is 1.39 bits per heavy atom. The van der Waals surface area contributed by atoms with Gasteiger partial charge in [0.15, 0.2) is 11.5 Å². The van der Waals surface area contributed by atoms with Crippen molar-refractivity contribution in [1.82, 2.24) is 14.9 Å². The smallest absolute Gasteiger partial charge is 0.231 e. The van der Waals surface area contributed by atoms with Crippen molar-refractivity contribution >= 4 is 0 Å². The van der Waals surface area contributed by atoms with Gasteiger partial charge in [0.1, 0.15) is 5.82 Å². The molecule has 6 nitrogen and oxygen atoms in total. The number of benzene rings is 1. The minimum absolute atomic E-state index is 0.254. The summed E-state index contributed by atoms with van der Waals surface area (Å²) < 4.78 is 18.4. The lowest BCUT2D eigenvalue weighted by Gasteiger charge is -2.15. The van der Waals surface area contributed by atoms with E-state index in [1.165, 1.54) is 0 Å². The molecule has 1 aromatic carbocycles. The maximum Gasteiger partial charge on any atom is 0.231 e. The molecule has 0 fully saturated rings. The fraction of sp³-hybridized carbons (Fsp3) is 0.471. The molecule has 2 aromatic rings. The Bertz CT molecular complexity index is 669. The molecule has 0 amide bonds. The van der Waals surface area contributed by atoms with Crippen LogP contribution in [0.5, 0.6) is 17.2 Å². The second-order valence-corrected chi connectivity index (χ2v) is 5.89. The number of hydrogen-bond acceptors (Lipinski definition) is 5. The van der Waals surface area contributed by atoms with Crippen LogP contribution in [0.2, 0.25) is 0 Å². The fourth-order valence-corrected chi connectivity index (χ4v) is 2.75. The van der Waals surface area contributed by atoms with E-state index in [1.807, 2.05) is 31.5 Å². The average molecular weight is 317 g/mol. The van der Waals surface area contributed by atoms with E-state index >= 15 is 0 Å². The topological polar surface area (TPSA) is 57.5 Å². The Morgan fingerprint density at radius 2 is 2.26 bits per heavy atom. The molecular weight excluding hydrogens is 294 g/mol. The van der Waals surface area contributed by atoms with Gasteiger partial charge in [0, 0.05) is 25.5 Å². The third-order valence-corrected chi connectivity index (χ3v) is 3.97. The lowest BCUT2D eigenvalue weighted by atomic mass is 10.1. The van der Waals surface area contributed by atoms with E-state index in [9.17, 15) is 0 Å². The number of imidazole rings is 1. The largest absolute Gasteiger partial charge is 0.493 e. The van der Waals surface area contributed by atoms with Crippen molar-refractivity contribution < 1.29 is 14.2 Å². The normalized spacial score (nSPS) is 14.0. The number of ether oxygens (including phenoxy) is 3. The van der Waals surface area contributed by atoms with Crippen LogP contribution in [0.1, 0.15) is 18.3 Å². The third kappa shape index (κ3) is 3.59. The summed E-state index contributed by atoms with van der Waals surface area (Å²) in [4.78, 5) is 4.25. The molecule has 1 unspecified atom stereocenters. The second-order valence-electron chi connectivity index (χ2n) is 5.89. The molecule has 0 radical (unpaired) electrons. The number of rotatable bonds is 7. The molecule has 124 valence electrons. The summed E-state index contributed by atoms with van der Waals surface area (Å²) in [6.45, 7) is 7.16. The highest BCUT2D eigenvalue weighted by Gasteiger charge is 2.19. The van der Waals surface area contributed by atoms with Crippen LogP contribution in [0.25, 0.3) is 0 Å². The molecule has 1 N–H and O–H groups in total. The van der Waals surface area contributed by atoms with Gasteiger partial charge in [-0.25, -0.2) is 4.98 Å². The minimum atomic E-state index is 0.254. The van der Waals surface area contributed by atoms with Crippen molar-refractivity contribution in [3.05, 3.63) is 35.9 Å². The number of aryl methyl sites for hydroxylation is 1. The van der Waals surface area contributed by atoms with Gasteiger partial charge in [-0.1, -0.05) is 6.92 Å². The molecule has 23 heavy (non-hydrogen) atoms. The number of hydrogen-bond donors (Lipinski definition) is 1. The van der Waals surface area contributed by atoms with Crippen LogP contribution >= 0.6 is 0 Å². The SMILES string of the molecule is COc1cc(CNCC(C)Cn2ccnc2C)cc2c1OCO2. The minimum Gasteiger partial charge on any atom is -0.493 e. The molecule has 0 bridgehead atoms. The van der Waals surface area contributed by atoms with Crippen LogP contribution in [-0.2, 0) is 13.1 Å². The number of methoxy groups -OCH3 is 1. The maximum absolute atomic E-state index is 5.45. The maximum atomic E-state index is 5.45. The van der Waals surface area contributed by atoms with Crippen molar-refractivity contribution in [2.45, 2.75) is 26.9 Å². The summed E-state index contributed by atoms with van der Waals surface area (Å²) in [6.07, 6.45) is 3.86. The Morgan fingerprint density at radius 3 is 3.00 bits per heavy atom. The average Bonchev–Trinajstić information content (AvgIpc) is 3.16. The molecule has 1 aliphatic heterocycles. The van der Waals surface area contributed by atoms with Crippen LogP contribution in [0, 0.1) is 12.8 Å². The van der Waals surface area contributed by atoms with Crippen molar-refractivity contribution in [2.75, 3.05) is 20.4 Å². The number of aromatic nitrogens is 2. The van der Waals surface area contributed by atoms with Gasteiger partial charge in [0.25, 0.3) is 0 Å². The standard InChI is InChI=1S/C17H23N3O3/c1-12(10-20-5-4-19-13(20)2)8-18-9-14-6-15(21-3)17-16(7-14)22-11-23-17/h4-7,12,18H,8-11H2,1-3H3. The van der Waals surface area contributed by atoms with Gasteiger partial charge in [-0.05, 0) is 37.1 Å². The molecule has 0 spiro atoms. The number of nitrogens with zero attached hydrogens (tertiary/aromatic N) is 2. The van der Waals surface area contributed by atoms with E-state index in [1.54, 1.807) is 7.11 Å². The third-order valence-electron chi connectivity index (χ3n) is 3.97. The second kappa shape index (κ2) is 6.91. The van der Waals surface area contributed by atoms with Crippen molar-refractivity contribution in [1.29, 1.82) is 0 Å². The molecule has 1 aliphatic rings. The summed E-state index contributed by atoms with van der Waals surface area (Å²) in [6, 6.07) is 3.99. The molecule has 1 aromatic heterocycles. The zero-order valence-electron chi connectivity index (χ0n) is 13.8. The summed E-state index contributed by atoms with van der Waals surface area (Å²) in [7, 11) is 1.64. The Kier molecular flexibility index (Phi) is 4.71. The summed E-state index contributed by atoms with van der Waals surface area (Å²) in [5.74, 6) is 3.73. The van der Waals surface area contributed by atoms with Gasteiger partial charge in [-0.3, -0.25) is 0 Å². The summed E-state index contributed by atoms with van der Waals surface area (Å²) >= 11 is 0. The highest BCUT2D eigenvalue weighted by molar-refractivity contribution is 5.55. The first-order chi connectivity index (χ1) is 11.2. The number of fused-ring (bicyclic) bond motifs is 1. The van der Waals surface area contributed by atoms with E-state index in [-0.39, 0.29) is 6.79 Å². The lowest BCUT2D eigenvalue weighted by molar-refractivity contribution is 0.171. The Hall–Kier alpha value is -2.21. The van der Waals surface area contributed by atoms with Gasteiger partial charge in [0.2, 0.25) is 12.5 Å². The summed E-state index contributed by atoms with van der Waals surface area (Å²) in [5.41, 5.74) is 1.12. The zero-order valence-corrected chi connectivity index (χ0v) is 13.8. The first-order valence-corrected chi connectivity index (χ1v) is 7.82. The van der Waals surface area contributed by atoms with Crippen LogP contribution < -0.4 is 19.5 Å². The van der Waals surface area contributed by atoms with Gasteiger partial charge >= 0.3 is 0 Å². The zero-order chi connectivity index (χ0) is 16.2. The molecule has 1 atom stereocenters. The van der Waals surface area contributed by atoms with Crippen molar-refractivity contribution in [2.24, 2.45) is 5.92 Å². The summed E-state index contributed by atoms with van der Waals surface area (Å²) in [5, 5.41) is 3.49. The number of nitrogens with one attached hydrogen (secondary N) is 1. The van der Waals surface area contributed by atoms with Gasteiger partial charge in [-0.15, -0.1) is 0 Å². The molecule has 0 saturated heterocycles. The fourth-order valence-electron chi connectivity index (χ4n) is 2.75. The molecule has 2 heterocycles. The highest BCUT2D eigenvalue weighted by Crippen LogP contribution is 2.41.